The lowest BCUT2D eigenvalue weighted by atomic mass is 9.86. The van der Waals surface area contributed by atoms with E-state index in [-0.39, 0.29) is 12.1 Å². The first kappa shape index (κ1) is 30.1. The van der Waals surface area contributed by atoms with E-state index in [4.69, 9.17) is 4.74 Å². The lowest BCUT2D eigenvalue weighted by molar-refractivity contribution is -0.215. The van der Waals surface area contributed by atoms with Gasteiger partial charge in [0.05, 0.1) is 25.4 Å². The number of thiophene rings is 1. The molecule has 11 heteroatoms. The predicted molar refractivity (Wildman–Crippen MR) is 162 cm³/mol. The van der Waals surface area contributed by atoms with Crippen LogP contribution in [0.5, 0.6) is 0 Å². The van der Waals surface area contributed by atoms with Crippen LogP contribution >= 0.6 is 11.3 Å². The highest BCUT2D eigenvalue weighted by molar-refractivity contribution is 7.16. The van der Waals surface area contributed by atoms with Crippen molar-refractivity contribution in [1.82, 2.24) is 10.2 Å². The first-order valence-electron chi connectivity index (χ1n) is 14.0. The second-order valence-corrected chi connectivity index (χ2v) is 12.0. The van der Waals surface area contributed by atoms with E-state index in [9.17, 15) is 30.5 Å². The molecule has 3 aromatic rings. The van der Waals surface area contributed by atoms with Crippen LogP contribution in [0.15, 0.2) is 54.1 Å². The van der Waals surface area contributed by atoms with Gasteiger partial charge >= 0.3 is 0 Å². The van der Waals surface area contributed by atoms with Crippen molar-refractivity contribution in [3.8, 4) is 16.5 Å². The van der Waals surface area contributed by atoms with Crippen molar-refractivity contribution in [1.29, 1.82) is 5.26 Å². The van der Waals surface area contributed by atoms with E-state index in [0.717, 1.165) is 46.9 Å². The van der Waals surface area contributed by atoms with Gasteiger partial charge in [-0.05, 0) is 59.8 Å². The molecule has 0 radical (unpaired) electrons. The van der Waals surface area contributed by atoms with Crippen molar-refractivity contribution >= 4 is 39.8 Å². The number of rotatable bonds is 8. The summed E-state index contributed by atoms with van der Waals surface area (Å²) in [4.78, 5) is 19.3. The number of piperazine rings is 1. The highest BCUT2D eigenvalue weighted by Crippen LogP contribution is 2.33. The Kier molecular flexibility index (Phi) is 9.55. The van der Waals surface area contributed by atoms with E-state index in [1.54, 1.807) is 0 Å². The van der Waals surface area contributed by atoms with Gasteiger partial charge in [0.25, 0.3) is 5.91 Å². The average Bonchev–Trinajstić information content (AvgIpc) is 3.49. The molecule has 2 fully saturated rings. The number of amides is 1. The molecule has 3 heterocycles. The number of benzene rings is 2. The number of anilines is 1. The molecule has 5 N–H and O–H groups in total. The number of hydrogen-bond donors (Lipinski definition) is 5. The van der Waals surface area contributed by atoms with Gasteiger partial charge in [-0.25, -0.2) is 0 Å². The number of carbonyl (C=O) groups excluding carboxylic acids is 1. The third-order valence-electron chi connectivity index (χ3n) is 8.11. The molecule has 0 aliphatic carbocycles. The predicted octanol–water partition coefficient (Wildman–Crippen LogP) is 1.43. The molecule has 2 saturated heterocycles. The lowest BCUT2D eigenvalue weighted by Crippen LogP contribution is -2.59. The Morgan fingerprint density at radius 3 is 2.45 bits per heavy atom. The van der Waals surface area contributed by atoms with Gasteiger partial charge in [-0.15, -0.1) is 11.3 Å². The zero-order valence-corrected chi connectivity index (χ0v) is 24.2. The first-order valence-corrected chi connectivity index (χ1v) is 14.8. The maximum atomic E-state index is 12.8. The normalized spacial score (nSPS) is 25.4. The monoisotopic (exact) mass is 592 g/mol. The summed E-state index contributed by atoms with van der Waals surface area (Å²) in [7, 11) is 2.15. The molecule has 0 saturated carbocycles. The van der Waals surface area contributed by atoms with Crippen molar-refractivity contribution < 1.29 is 30.0 Å². The van der Waals surface area contributed by atoms with E-state index in [1.807, 2.05) is 18.2 Å². The quantitative estimate of drug-likeness (QED) is 0.193. The Morgan fingerprint density at radius 1 is 1.02 bits per heavy atom. The molecule has 2 aromatic carbocycles. The van der Waals surface area contributed by atoms with Crippen molar-refractivity contribution in [3.05, 3.63) is 59.0 Å². The molecule has 2 unspecified atom stereocenters. The Morgan fingerprint density at radius 2 is 1.74 bits per heavy atom. The van der Waals surface area contributed by atoms with Crippen LogP contribution in [0.1, 0.15) is 4.88 Å². The molecule has 1 aromatic heterocycles. The molecule has 42 heavy (non-hydrogen) atoms. The Hall–Kier alpha value is -3.34. The average molecular weight is 593 g/mol. The first-order chi connectivity index (χ1) is 20.3. The van der Waals surface area contributed by atoms with Gasteiger partial charge in [0.2, 0.25) is 0 Å². The molecular weight excluding hydrogens is 556 g/mol. The van der Waals surface area contributed by atoms with Crippen molar-refractivity contribution in [2.24, 2.45) is 5.92 Å². The molecule has 10 nitrogen and oxygen atoms in total. The van der Waals surface area contributed by atoms with Crippen LogP contribution < -0.4 is 10.2 Å². The standard InChI is InChI=1S/C31H36N4O6S/c1-34-8-10-35(11-9-34)23-5-4-19-12-21(3-2-20(19)13-23)28-7-6-24(42-28)14-22(15-32)31(40)33-16-25-26(17-36)41-27(18-37)30(39)29(25)38/h2-7,12-14,25-27,29-30,36-39H,8-11,16-18H2,1H3,(H,33,40)/b22-14+/t25?,26?,27-,29-,30-/m1/s1. The number of nitrogens with one attached hydrogen (secondary N) is 1. The van der Waals surface area contributed by atoms with Gasteiger partial charge in [-0.1, -0.05) is 18.2 Å². The highest BCUT2D eigenvalue weighted by Gasteiger charge is 2.43. The minimum atomic E-state index is -1.37. The fraction of sp³-hybridized carbons (Fsp3) is 0.419. The summed E-state index contributed by atoms with van der Waals surface area (Å²) in [5.74, 6) is -1.47. The van der Waals surface area contributed by atoms with E-state index >= 15 is 0 Å². The van der Waals surface area contributed by atoms with Crippen LogP contribution in [0.25, 0.3) is 27.3 Å². The van der Waals surface area contributed by atoms with E-state index in [0.29, 0.717) is 0 Å². The summed E-state index contributed by atoms with van der Waals surface area (Å²) < 4.78 is 5.46. The number of ether oxygens (including phenoxy) is 1. The molecule has 1 amide bonds. The summed E-state index contributed by atoms with van der Waals surface area (Å²) >= 11 is 1.47. The SMILES string of the molecule is CN1CCN(c2ccc3cc(-c4ccc(/C=C(\C#N)C(=O)NCC5C(CO)O[C@H](CO)[C@@H](O)[C@@H]5O)s4)ccc3c2)CC1. The van der Waals surface area contributed by atoms with Crippen LogP contribution in [0.2, 0.25) is 0 Å². The van der Waals surface area contributed by atoms with Crippen molar-refractivity contribution in [2.75, 3.05) is 57.9 Å². The van der Waals surface area contributed by atoms with E-state index < -0.39 is 49.5 Å². The number of aliphatic hydroxyl groups is 4. The lowest BCUT2D eigenvalue weighted by Gasteiger charge is -2.41. The molecule has 5 atom stereocenters. The van der Waals surface area contributed by atoms with Crippen LogP contribution in [0.3, 0.4) is 0 Å². The molecular formula is C31H36N4O6S. The molecule has 0 bridgehead atoms. The van der Waals surface area contributed by atoms with Gasteiger partial charge in [-0.3, -0.25) is 4.79 Å². The maximum Gasteiger partial charge on any atom is 0.261 e. The number of aliphatic hydroxyl groups excluding tert-OH is 4. The number of fused-ring (bicyclic) bond motifs is 1. The summed E-state index contributed by atoms with van der Waals surface area (Å²) in [5.41, 5.74) is 2.17. The third kappa shape index (κ3) is 6.50. The zero-order valence-electron chi connectivity index (χ0n) is 23.4. The van der Waals surface area contributed by atoms with E-state index in [2.05, 4.69) is 58.6 Å². The largest absolute Gasteiger partial charge is 0.394 e. The number of likely N-dealkylation sites (N-methyl/N-ethyl adjacent to an activating group) is 1. The number of nitriles is 1. The summed E-state index contributed by atoms with van der Waals surface area (Å²) in [5, 5.41) is 54.2. The van der Waals surface area contributed by atoms with Gasteiger partial charge in [0, 0.05) is 54.1 Å². The molecule has 222 valence electrons. The maximum absolute atomic E-state index is 12.8. The second-order valence-electron chi connectivity index (χ2n) is 10.8. The van der Waals surface area contributed by atoms with Gasteiger partial charge in [0.15, 0.2) is 0 Å². The van der Waals surface area contributed by atoms with E-state index in [1.165, 1.54) is 28.5 Å². The van der Waals surface area contributed by atoms with Gasteiger partial charge < -0.3 is 40.3 Å². The van der Waals surface area contributed by atoms with Crippen LogP contribution in [0.4, 0.5) is 5.69 Å². The van der Waals surface area contributed by atoms with Crippen LogP contribution in [0, 0.1) is 17.2 Å². The fourth-order valence-electron chi connectivity index (χ4n) is 5.51. The van der Waals surface area contributed by atoms with Crippen molar-refractivity contribution in [2.45, 2.75) is 24.4 Å². The molecule has 5 rings (SSSR count). The number of nitrogens with zero attached hydrogens (tertiary/aromatic N) is 3. The summed E-state index contributed by atoms with van der Waals surface area (Å²) in [6, 6.07) is 18.7. The Bertz CT molecular complexity index is 1480. The Labute approximate surface area is 248 Å². The zero-order chi connectivity index (χ0) is 29.8. The van der Waals surface area contributed by atoms with Gasteiger partial charge in [0.1, 0.15) is 23.9 Å². The molecule has 0 spiro atoms. The number of hydrogen-bond acceptors (Lipinski definition) is 10. The van der Waals surface area contributed by atoms with Crippen LogP contribution in [-0.2, 0) is 9.53 Å². The summed E-state index contributed by atoms with van der Waals surface area (Å²) in [6.45, 7) is 3.02. The molecule has 2 aliphatic rings. The minimum absolute atomic E-state index is 0.112. The second kappa shape index (κ2) is 13.3. The summed E-state index contributed by atoms with van der Waals surface area (Å²) in [6.07, 6.45) is -3.11. The highest BCUT2D eigenvalue weighted by atomic mass is 32.1. The van der Waals surface area contributed by atoms with Gasteiger partial charge in [-0.2, -0.15) is 5.26 Å². The fourth-order valence-corrected chi connectivity index (χ4v) is 6.46. The smallest absolute Gasteiger partial charge is 0.261 e. The molecule has 2 aliphatic heterocycles. The Balaban J connectivity index is 1.25. The van der Waals surface area contributed by atoms with Crippen LogP contribution in [-0.4, -0.2) is 109 Å². The van der Waals surface area contributed by atoms with Crippen molar-refractivity contribution in [3.63, 3.8) is 0 Å². The minimum Gasteiger partial charge on any atom is -0.394 e. The topological polar surface area (TPSA) is 150 Å². The number of carbonyl (C=O) groups is 1. The third-order valence-corrected chi connectivity index (χ3v) is 9.19.